The van der Waals surface area contributed by atoms with Gasteiger partial charge in [-0.15, -0.1) is 0 Å². The molecule has 7 heteroatoms. The van der Waals surface area contributed by atoms with E-state index in [4.69, 9.17) is 0 Å². The van der Waals surface area contributed by atoms with Crippen molar-refractivity contribution in [3.63, 3.8) is 0 Å². The number of fused-ring (bicyclic) bond motifs is 1. The minimum atomic E-state index is -1.12. The minimum Gasteiger partial charge on any atom is -0.478 e. The van der Waals surface area contributed by atoms with Gasteiger partial charge in [0.05, 0.1) is 23.5 Å². The van der Waals surface area contributed by atoms with Crippen molar-refractivity contribution < 1.29 is 24.9 Å². The molecule has 3 rings (SSSR count). The molecule has 0 fully saturated rings. The van der Waals surface area contributed by atoms with Gasteiger partial charge in [0.2, 0.25) is 0 Å². The number of carbonyl (C=O) groups excluding carboxylic acids is 1. The Labute approximate surface area is 186 Å². The summed E-state index contributed by atoms with van der Waals surface area (Å²) < 4.78 is 0. The van der Waals surface area contributed by atoms with Crippen molar-refractivity contribution in [1.29, 1.82) is 0 Å². The van der Waals surface area contributed by atoms with E-state index in [0.717, 1.165) is 16.3 Å². The Morgan fingerprint density at radius 1 is 0.906 bits per heavy atom. The first-order chi connectivity index (χ1) is 15.2. The number of hydrogen-bond donors (Lipinski definition) is 4. The van der Waals surface area contributed by atoms with Gasteiger partial charge in [-0.05, 0) is 54.4 Å². The molecule has 0 saturated carbocycles. The van der Waals surface area contributed by atoms with E-state index in [-0.39, 0.29) is 11.3 Å². The number of carboxylic acid groups (broad SMARTS) is 1. The molecular formula is C25H28N2O5. The Kier molecular flexibility index (Phi) is 7.58. The van der Waals surface area contributed by atoms with Gasteiger partial charge in [-0.2, -0.15) is 0 Å². The lowest BCUT2D eigenvalue weighted by molar-refractivity contribution is 0.0697. The zero-order valence-corrected chi connectivity index (χ0v) is 18.2. The average molecular weight is 437 g/mol. The average Bonchev–Trinajstić information content (AvgIpc) is 2.72. The van der Waals surface area contributed by atoms with Crippen molar-refractivity contribution in [3.8, 4) is 0 Å². The van der Waals surface area contributed by atoms with Gasteiger partial charge in [-0.1, -0.05) is 36.4 Å². The number of anilines is 1. The third-order valence-corrected chi connectivity index (χ3v) is 5.00. The maximum Gasteiger partial charge on any atom is 0.337 e. The predicted molar refractivity (Wildman–Crippen MR) is 124 cm³/mol. The minimum absolute atomic E-state index is 0.0215. The van der Waals surface area contributed by atoms with Gasteiger partial charge < -0.3 is 20.6 Å². The Morgan fingerprint density at radius 3 is 2.12 bits per heavy atom. The van der Waals surface area contributed by atoms with E-state index >= 15 is 0 Å². The van der Waals surface area contributed by atoms with Crippen LogP contribution in [0.3, 0.4) is 0 Å². The van der Waals surface area contributed by atoms with E-state index < -0.39 is 24.1 Å². The molecule has 0 spiro atoms. The molecule has 0 saturated heterocycles. The summed E-state index contributed by atoms with van der Waals surface area (Å²) in [5.74, 6) is -1.53. The Morgan fingerprint density at radius 2 is 1.53 bits per heavy atom. The lowest BCUT2D eigenvalue weighted by Crippen LogP contribution is -2.35. The standard InChI is InChI=1S/C25H28N2O5/c1-16(28)13-27(14-17(2)29)15-18-6-5-9-21(10-18)24(30)26-23-12-20-8-4-3-7-19(20)11-22(23)25(31)32/h3-12,16-17,28-29H,13-15H2,1-2H3,(H,26,30)(H,31,32). The third-order valence-electron chi connectivity index (χ3n) is 5.00. The molecule has 0 aliphatic rings. The molecule has 2 unspecified atom stereocenters. The Bertz CT molecular complexity index is 1100. The molecule has 168 valence electrons. The normalized spacial score (nSPS) is 13.2. The fourth-order valence-electron chi connectivity index (χ4n) is 3.74. The molecule has 3 aromatic rings. The molecule has 4 N–H and O–H groups in total. The van der Waals surface area contributed by atoms with Crippen LogP contribution >= 0.6 is 0 Å². The van der Waals surface area contributed by atoms with Crippen LogP contribution in [0.1, 0.15) is 40.1 Å². The van der Waals surface area contributed by atoms with Crippen LogP contribution in [0.25, 0.3) is 10.8 Å². The van der Waals surface area contributed by atoms with E-state index in [2.05, 4.69) is 5.32 Å². The molecule has 7 nitrogen and oxygen atoms in total. The van der Waals surface area contributed by atoms with E-state index in [1.165, 1.54) is 0 Å². The maximum absolute atomic E-state index is 12.9. The van der Waals surface area contributed by atoms with Crippen LogP contribution < -0.4 is 5.32 Å². The molecule has 0 heterocycles. The van der Waals surface area contributed by atoms with Crippen LogP contribution in [0, 0.1) is 0 Å². The highest BCUT2D eigenvalue weighted by molar-refractivity contribution is 6.10. The van der Waals surface area contributed by atoms with Gasteiger partial charge in [-0.25, -0.2) is 4.79 Å². The Hall–Kier alpha value is -3.26. The first-order valence-corrected chi connectivity index (χ1v) is 10.5. The number of benzene rings is 3. The van der Waals surface area contributed by atoms with Crippen LogP contribution in [0.15, 0.2) is 60.7 Å². The van der Waals surface area contributed by atoms with Crippen molar-refractivity contribution in [2.75, 3.05) is 18.4 Å². The number of nitrogens with one attached hydrogen (secondary N) is 1. The quantitative estimate of drug-likeness (QED) is 0.410. The summed E-state index contributed by atoms with van der Waals surface area (Å²) in [7, 11) is 0. The number of amides is 1. The monoisotopic (exact) mass is 436 g/mol. The van der Waals surface area contributed by atoms with Crippen molar-refractivity contribution in [2.45, 2.75) is 32.6 Å². The van der Waals surface area contributed by atoms with Crippen molar-refractivity contribution >= 4 is 28.3 Å². The molecule has 0 aromatic heterocycles. The molecule has 1 amide bonds. The fourth-order valence-corrected chi connectivity index (χ4v) is 3.74. The predicted octanol–water partition coefficient (Wildman–Crippen LogP) is 3.35. The zero-order chi connectivity index (χ0) is 23.3. The van der Waals surface area contributed by atoms with E-state index in [0.29, 0.717) is 25.2 Å². The second kappa shape index (κ2) is 10.4. The van der Waals surface area contributed by atoms with Gasteiger partial charge in [0, 0.05) is 25.2 Å². The molecular weight excluding hydrogens is 408 g/mol. The molecule has 3 aromatic carbocycles. The summed E-state index contributed by atoms with van der Waals surface area (Å²) in [6, 6.07) is 17.6. The SMILES string of the molecule is CC(O)CN(Cc1cccc(C(=O)Nc2cc3ccccc3cc2C(=O)O)c1)CC(C)O. The number of carbonyl (C=O) groups is 2. The van der Waals surface area contributed by atoms with Crippen LogP contribution in [-0.4, -0.2) is 57.4 Å². The van der Waals surface area contributed by atoms with Crippen LogP contribution in [-0.2, 0) is 6.54 Å². The summed E-state index contributed by atoms with van der Waals surface area (Å²) in [5, 5.41) is 33.4. The van der Waals surface area contributed by atoms with E-state index in [9.17, 15) is 24.9 Å². The highest BCUT2D eigenvalue weighted by atomic mass is 16.4. The fraction of sp³-hybridized carbons (Fsp3) is 0.280. The first-order valence-electron chi connectivity index (χ1n) is 10.5. The van der Waals surface area contributed by atoms with Crippen molar-refractivity contribution in [3.05, 3.63) is 77.4 Å². The van der Waals surface area contributed by atoms with Crippen LogP contribution in [0.4, 0.5) is 5.69 Å². The number of aromatic carboxylic acids is 1. The lowest BCUT2D eigenvalue weighted by atomic mass is 10.0. The van der Waals surface area contributed by atoms with Crippen molar-refractivity contribution in [2.24, 2.45) is 0 Å². The number of carboxylic acids is 1. The summed E-state index contributed by atoms with van der Waals surface area (Å²) in [6.07, 6.45) is -1.11. The summed E-state index contributed by atoms with van der Waals surface area (Å²) in [6.45, 7) is 4.60. The molecule has 0 aliphatic carbocycles. The van der Waals surface area contributed by atoms with Gasteiger partial charge in [-0.3, -0.25) is 9.69 Å². The van der Waals surface area contributed by atoms with Gasteiger partial charge in [0.15, 0.2) is 0 Å². The van der Waals surface area contributed by atoms with Gasteiger partial charge in [0.25, 0.3) is 5.91 Å². The number of nitrogens with zero attached hydrogens (tertiary/aromatic N) is 1. The highest BCUT2D eigenvalue weighted by Crippen LogP contribution is 2.25. The van der Waals surface area contributed by atoms with E-state index in [1.807, 2.05) is 35.2 Å². The van der Waals surface area contributed by atoms with Gasteiger partial charge >= 0.3 is 5.97 Å². The van der Waals surface area contributed by atoms with E-state index in [1.54, 1.807) is 44.2 Å². The molecule has 2 atom stereocenters. The maximum atomic E-state index is 12.9. The summed E-state index contributed by atoms with van der Waals surface area (Å²) >= 11 is 0. The largest absolute Gasteiger partial charge is 0.478 e. The second-order valence-corrected chi connectivity index (χ2v) is 8.10. The van der Waals surface area contributed by atoms with Crippen molar-refractivity contribution in [1.82, 2.24) is 4.90 Å². The molecule has 32 heavy (non-hydrogen) atoms. The third kappa shape index (κ3) is 6.13. The smallest absolute Gasteiger partial charge is 0.337 e. The first kappa shape index (κ1) is 23.4. The number of hydrogen-bond acceptors (Lipinski definition) is 5. The highest BCUT2D eigenvalue weighted by Gasteiger charge is 2.16. The summed E-state index contributed by atoms with van der Waals surface area (Å²) in [5.41, 5.74) is 1.49. The van der Waals surface area contributed by atoms with Crippen LogP contribution in [0.5, 0.6) is 0 Å². The summed E-state index contributed by atoms with van der Waals surface area (Å²) in [4.78, 5) is 26.6. The Balaban J connectivity index is 1.83. The van der Waals surface area contributed by atoms with Crippen LogP contribution in [0.2, 0.25) is 0 Å². The second-order valence-electron chi connectivity index (χ2n) is 8.10. The van der Waals surface area contributed by atoms with Gasteiger partial charge in [0.1, 0.15) is 0 Å². The molecule has 0 bridgehead atoms. The number of aliphatic hydroxyl groups excluding tert-OH is 2. The topological polar surface area (TPSA) is 110 Å². The zero-order valence-electron chi connectivity index (χ0n) is 18.2. The number of aliphatic hydroxyl groups is 2. The molecule has 0 radical (unpaired) electrons. The lowest BCUT2D eigenvalue weighted by Gasteiger charge is -2.25. The number of rotatable bonds is 9. The molecule has 0 aliphatic heterocycles.